The lowest BCUT2D eigenvalue weighted by Gasteiger charge is -2.30. The number of guanidine groups is 1. The fourth-order valence-corrected chi connectivity index (χ4v) is 4.11. The second-order valence-corrected chi connectivity index (χ2v) is 9.56. The molecule has 0 unspecified atom stereocenters. The minimum Gasteiger partial charge on any atom is -0.357 e. The third kappa shape index (κ3) is 8.77. The van der Waals surface area contributed by atoms with Gasteiger partial charge in [-0.05, 0) is 46.2 Å². The molecular weight excluding hydrogens is 501 g/mol. The number of nitrogens with one attached hydrogen (secondary N) is 2. The summed E-state index contributed by atoms with van der Waals surface area (Å²) in [6.07, 6.45) is 0. The smallest absolute Gasteiger partial charge is 0.242 e. The van der Waals surface area contributed by atoms with Crippen molar-refractivity contribution in [2.75, 3.05) is 33.7 Å². The van der Waals surface area contributed by atoms with Crippen molar-refractivity contribution in [2.45, 2.75) is 58.1 Å². The third-order valence-electron chi connectivity index (χ3n) is 4.47. The Morgan fingerprint density at radius 1 is 1.07 bits per heavy atom. The van der Waals surface area contributed by atoms with E-state index < -0.39 is 10.0 Å². The topological polar surface area (TPSA) is 77.0 Å². The fraction of sp³-hybridized carbons (Fsp3) is 0.650. The Hall–Kier alpha value is -0.910. The molecule has 168 valence electrons. The number of benzene rings is 1. The van der Waals surface area contributed by atoms with Crippen molar-refractivity contribution >= 4 is 40.0 Å². The number of nitrogens with zero attached hydrogens (tertiary/aromatic N) is 3. The first kappa shape index (κ1) is 28.1. The molecule has 0 atom stereocenters. The Kier molecular flexibility index (Phi) is 13.0. The minimum atomic E-state index is -3.50. The highest BCUT2D eigenvalue weighted by atomic mass is 127. The molecule has 0 saturated carbocycles. The Labute approximate surface area is 194 Å². The minimum absolute atomic E-state index is 0. The summed E-state index contributed by atoms with van der Waals surface area (Å²) < 4.78 is 26.3. The molecule has 0 radical (unpaired) electrons. The SMILES string of the molecule is CCNC(=NCc1ccccc1S(=O)(=O)N(C)C)NCCN(C(C)C)C(C)C.I. The maximum absolute atomic E-state index is 12.5. The van der Waals surface area contributed by atoms with E-state index in [-0.39, 0.29) is 30.5 Å². The average molecular weight is 540 g/mol. The molecule has 0 saturated heterocycles. The summed E-state index contributed by atoms with van der Waals surface area (Å²) >= 11 is 0. The van der Waals surface area contributed by atoms with E-state index >= 15 is 0 Å². The zero-order valence-corrected chi connectivity index (χ0v) is 21.9. The van der Waals surface area contributed by atoms with Gasteiger partial charge in [0.15, 0.2) is 5.96 Å². The summed E-state index contributed by atoms with van der Waals surface area (Å²) in [4.78, 5) is 7.31. The van der Waals surface area contributed by atoms with Gasteiger partial charge in [-0.2, -0.15) is 0 Å². The number of sulfonamides is 1. The number of hydrogen-bond acceptors (Lipinski definition) is 4. The number of rotatable bonds is 10. The highest BCUT2D eigenvalue weighted by Crippen LogP contribution is 2.19. The van der Waals surface area contributed by atoms with Gasteiger partial charge in [0.25, 0.3) is 0 Å². The van der Waals surface area contributed by atoms with Gasteiger partial charge in [-0.15, -0.1) is 24.0 Å². The summed E-state index contributed by atoms with van der Waals surface area (Å²) in [6.45, 7) is 13.5. The molecule has 0 amide bonds. The summed E-state index contributed by atoms with van der Waals surface area (Å²) in [5.41, 5.74) is 0.680. The molecule has 0 spiro atoms. The van der Waals surface area contributed by atoms with E-state index in [1.807, 2.05) is 19.1 Å². The maximum atomic E-state index is 12.5. The lowest BCUT2D eigenvalue weighted by Crippen LogP contribution is -2.45. The van der Waals surface area contributed by atoms with E-state index in [1.165, 1.54) is 18.4 Å². The van der Waals surface area contributed by atoms with Crippen LogP contribution in [0, 0.1) is 0 Å². The second-order valence-electron chi connectivity index (χ2n) is 7.44. The normalized spacial score (nSPS) is 12.6. The molecule has 0 heterocycles. The Balaban J connectivity index is 0.00000784. The molecule has 7 nitrogen and oxygen atoms in total. The molecule has 1 aromatic carbocycles. The summed E-state index contributed by atoms with van der Waals surface area (Å²) in [6, 6.07) is 7.96. The van der Waals surface area contributed by atoms with Crippen LogP contribution in [0.25, 0.3) is 0 Å². The fourth-order valence-electron chi connectivity index (χ4n) is 3.00. The first-order valence-corrected chi connectivity index (χ1v) is 11.3. The van der Waals surface area contributed by atoms with Gasteiger partial charge in [-0.1, -0.05) is 18.2 Å². The monoisotopic (exact) mass is 539 g/mol. The Morgan fingerprint density at radius 2 is 1.66 bits per heavy atom. The van der Waals surface area contributed by atoms with Gasteiger partial charge in [-0.25, -0.2) is 17.7 Å². The maximum Gasteiger partial charge on any atom is 0.242 e. The predicted molar refractivity (Wildman–Crippen MR) is 133 cm³/mol. The number of halogens is 1. The van der Waals surface area contributed by atoms with Crippen LogP contribution in [0.15, 0.2) is 34.2 Å². The van der Waals surface area contributed by atoms with Gasteiger partial charge in [0.05, 0.1) is 11.4 Å². The van der Waals surface area contributed by atoms with Crippen molar-refractivity contribution < 1.29 is 8.42 Å². The second kappa shape index (κ2) is 13.4. The molecular formula is C20H38IN5O2S. The standard InChI is InChI=1S/C20H37N5O2S.HI/c1-8-21-20(22-13-14-25(16(2)3)17(4)5)23-15-18-11-9-10-12-19(18)28(26,27)24(6)7;/h9-12,16-17H,8,13-15H2,1-7H3,(H2,21,22,23);1H. The van der Waals surface area contributed by atoms with Crippen LogP contribution >= 0.6 is 24.0 Å². The largest absolute Gasteiger partial charge is 0.357 e. The van der Waals surface area contributed by atoms with E-state index in [0.717, 1.165) is 19.6 Å². The van der Waals surface area contributed by atoms with Gasteiger partial charge in [0.1, 0.15) is 0 Å². The molecule has 0 aliphatic rings. The zero-order chi connectivity index (χ0) is 21.3. The average Bonchev–Trinajstić information content (AvgIpc) is 2.62. The number of hydrogen-bond donors (Lipinski definition) is 2. The molecule has 0 aliphatic heterocycles. The van der Waals surface area contributed by atoms with Gasteiger partial charge >= 0.3 is 0 Å². The lowest BCUT2D eigenvalue weighted by molar-refractivity contribution is 0.178. The van der Waals surface area contributed by atoms with E-state index in [1.54, 1.807) is 12.1 Å². The summed E-state index contributed by atoms with van der Waals surface area (Å²) in [7, 11) is -0.423. The molecule has 1 rings (SSSR count). The van der Waals surface area contributed by atoms with Gasteiger partial charge in [0, 0.05) is 45.8 Å². The van der Waals surface area contributed by atoms with Crippen LogP contribution < -0.4 is 10.6 Å². The van der Waals surface area contributed by atoms with Crippen molar-refractivity contribution in [3.63, 3.8) is 0 Å². The zero-order valence-electron chi connectivity index (χ0n) is 18.8. The highest BCUT2D eigenvalue weighted by Gasteiger charge is 2.20. The molecule has 29 heavy (non-hydrogen) atoms. The lowest BCUT2D eigenvalue weighted by atomic mass is 10.2. The van der Waals surface area contributed by atoms with Crippen molar-refractivity contribution in [1.29, 1.82) is 0 Å². The van der Waals surface area contributed by atoms with E-state index in [9.17, 15) is 8.42 Å². The third-order valence-corrected chi connectivity index (χ3v) is 6.39. The van der Waals surface area contributed by atoms with Crippen LogP contribution in [0.1, 0.15) is 40.2 Å². The molecule has 9 heteroatoms. The molecule has 0 aliphatic carbocycles. The molecule has 2 N–H and O–H groups in total. The first-order valence-electron chi connectivity index (χ1n) is 9.89. The summed E-state index contributed by atoms with van der Waals surface area (Å²) in [5, 5.41) is 6.58. The summed E-state index contributed by atoms with van der Waals surface area (Å²) in [5.74, 6) is 0.687. The highest BCUT2D eigenvalue weighted by molar-refractivity contribution is 14.0. The van der Waals surface area contributed by atoms with E-state index in [4.69, 9.17) is 0 Å². The Bertz CT molecular complexity index is 728. The van der Waals surface area contributed by atoms with Gasteiger partial charge in [-0.3, -0.25) is 4.90 Å². The Morgan fingerprint density at radius 3 is 2.17 bits per heavy atom. The predicted octanol–water partition coefficient (Wildman–Crippen LogP) is 2.73. The van der Waals surface area contributed by atoms with Crippen LogP contribution in [0.5, 0.6) is 0 Å². The van der Waals surface area contributed by atoms with Crippen LogP contribution in [0.2, 0.25) is 0 Å². The molecule has 0 bridgehead atoms. The van der Waals surface area contributed by atoms with Crippen LogP contribution in [0.4, 0.5) is 0 Å². The molecule has 0 aromatic heterocycles. The van der Waals surface area contributed by atoms with E-state index in [0.29, 0.717) is 28.5 Å². The van der Waals surface area contributed by atoms with E-state index in [2.05, 4.69) is 48.2 Å². The van der Waals surface area contributed by atoms with Gasteiger partial charge in [0.2, 0.25) is 10.0 Å². The van der Waals surface area contributed by atoms with Crippen molar-refractivity contribution in [3.8, 4) is 0 Å². The van der Waals surface area contributed by atoms with Crippen molar-refractivity contribution in [3.05, 3.63) is 29.8 Å². The molecule has 1 aromatic rings. The van der Waals surface area contributed by atoms with Crippen molar-refractivity contribution in [1.82, 2.24) is 19.8 Å². The van der Waals surface area contributed by atoms with Gasteiger partial charge < -0.3 is 10.6 Å². The van der Waals surface area contributed by atoms with Crippen LogP contribution in [0.3, 0.4) is 0 Å². The number of aliphatic imine (C=N–C) groups is 1. The van der Waals surface area contributed by atoms with Crippen LogP contribution in [-0.4, -0.2) is 69.4 Å². The molecule has 0 fully saturated rings. The first-order chi connectivity index (χ1) is 13.1. The van der Waals surface area contributed by atoms with Crippen molar-refractivity contribution in [2.24, 2.45) is 4.99 Å². The van der Waals surface area contributed by atoms with Crippen LogP contribution in [-0.2, 0) is 16.6 Å². The quantitative estimate of drug-likeness (QED) is 0.272.